The number of nitrogens with zero attached hydrogens (tertiary/aromatic N) is 1. The highest BCUT2D eigenvalue weighted by Crippen LogP contribution is 2.23. The molecule has 0 spiro atoms. The normalized spacial score (nSPS) is 19.6. The van der Waals surface area contributed by atoms with Crippen molar-refractivity contribution in [2.24, 2.45) is 0 Å². The quantitative estimate of drug-likeness (QED) is 0.865. The van der Waals surface area contributed by atoms with Gasteiger partial charge in [-0.3, -0.25) is 4.90 Å². The number of benzene rings is 1. The molecule has 0 radical (unpaired) electrons. The van der Waals surface area contributed by atoms with E-state index in [4.69, 9.17) is 11.6 Å². The van der Waals surface area contributed by atoms with Gasteiger partial charge in [0.2, 0.25) is 0 Å². The topological polar surface area (TPSA) is 15.3 Å². The molecule has 1 aliphatic heterocycles. The van der Waals surface area contributed by atoms with Crippen LogP contribution in [0.4, 0.5) is 0 Å². The Hall–Kier alpha value is -0.0900. The van der Waals surface area contributed by atoms with Gasteiger partial charge in [0.15, 0.2) is 0 Å². The molecule has 2 nitrogen and oxygen atoms in total. The molecule has 19 heavy (non-hydrogen) atoms. The van der Waals surface area contributed by atoms with Crippen molar-refractivity contribution in [1.29, 1.82) is 0 Å². The van der Waals surface area contributed by atoms with Crippen LogP contribution in [-0.2, 0) is 6.54 Å². The van der Waals surface area contributed by atoms with Gasteiger partial charge >= 0.3 is 0 Å². The molecule has 1 aromatic carbocycles. The predicted molar refractivity (Wildman–Crippen MR) is 85.7 cm³/mol. The molecule has 106 valence electrons. The summed E-state index contributed by atoms with van der Waals surface area (Å²) in [6.07, 6.45) is 2.59. The van der Waals surface area contributed by atoms with Gasteiger partial charge in [-0.25, -0.2) is 0 Å². The van der Waals surface area contributed by atoms with E-state index in [0.717, 1.165) is 29.1 Å². The fourth-order valence-electron chi connectivity index (χ4n) is 2.54. The first-order valence-corrected chi connectivity index (χ1v) is 8.14. The van der Waals surface area contributed by atoms with Crippen LogP contribution in [0.2, 0.25) is 5.02 Å². The first-order chi connectivity index (χ1) is 9.06. The second-order valence-electron chi connectivity index (χ2n) is 5.55. The standard InChI is InChI=1S/C15H22BrClN2/c1-11(2)19(10-14-4-3-7-18-14)9-12-8-13(17)5-6-15(12)16/h5-6,8,11,14,18H,3-4,7,9-10H2,1-2H3. The Morgan fingerprint density at radius 1 is 1.47 bits per heavy atom. The Balaban J connectivity index is 2.04. The number of hydrogen-bond acceptors (Lipinski definition) is 2. The monoisotopic (exact) mass is 344 g/mol. The molecule has 0 aromatic heterocycles. The Labute approximate surface area is 129 Å². The molecule has 1 unspecified atom stereocenters. The predicted octanol–water partition coefficient (Wildman–Crippen LogP) is 4.06. The maximum Gasteiger partial charge on any atom is 0.0410 e. The molecule has 4 heteroatoms. The maximum absolute atomic E-state index is 6.10. The zero-order chi connectivity index (χ0) is 13.8. The van der Waals surface area contributed by atoms with Crippen LogP contribution >= 0.6 is 27.5 Å². The molecule has 1 fully saturated rings. The second-order valence-corrected chi connectivity index (χ2v) is 6.84. The van der Waals surface area contributed by atoms with Crippen LogP contribution in [0.5, 0.6) is 0 Å². The second kappa shape index (κ2) is 7.07. The van der Waals surface area contributed by atoms with E-state index in [2.05, 4.69) is 46.1 Å². The molecule has 0 bridgehead atoms. The van der Waals surface area contributed by atoms with Crippen molar-refractivity contribution in [2.45, 2.75) is 45.3 Å². The van der Waals surface area contributed by atoms with Crippen molar-refractivity contribution < 1.29 is 0 Å². The Morgan fingerprint density at radius 2 is 2.26 bits per heavy atom. The van der Waals surface area contributed by atoms with Crippen molar-refractivity contribution in [3.8, 4) is 0 Å². The Kier molecular flexibility index (Phi) is 5.70. The maximum atomic E-state index is 6.10. The molecule has 1 heterocycles. The number of halogens is 2. The molecule has 1 atom stereocenters. The number of nitrogens with one attached hydrogen (secondary N) is 1. The lowest BCUT2D eigenvalue weighted by Crippen LogP contribution is -2.40. The van der Waals surface area contributed by atoms with Crippen molar-refractivity contribution in [1.82, 2.24) is 10.2 Å². The summed E-state index contributed by atoms with van der Waals surface area (Å²) in [5.41, 5.74) is 1.26. The minimum atomic E-state index is 0.535. The molecular formula is C15H22BrClN2. The molecule has 0 saturated carbocycles. The Bertz CT molecular complexity index is 417. The SMILES string of the molecule is CC(C)N(Cc1cc(Cl)ccc1Br)CC1CCCN1. The lowest BCUT2D eigenvalue weighted by atomic mass is 10.1. The zero-order valence-electron chi connectivity index (χ0n) is 11.6. The van der Waals surface area contributed by atoms with Gasteiger partial charge in [-0.1, -0.05) is 27.5 Å². The van der Waals surface area contributed by atoms with Crippen molar-refractivity contribution in [3.05, 3.63) is 33.3 Å². The molecule has 2 rings (SSSR count). The highest BCUT2D eigenvalue weighted by atomic mass is 79.9. The minimum absolute atomic E-state index is 0.535. The molecule has 0 aliphatic carbocycles. The van der Waals surface area contributed by atoms with Crippen LogP contribution in [-0.4, -0.2) is 30.1 Å². The summed E-state index contributed by atoms with van der Waals surface area (Å²) in [6.45, 7) is 7.73. The number of rotatable bonds is 5. The van der Waals surface area contributed by atoms with Crippen LogP contribution in [0, 0.1) is 0 Å². The fourth-order valence-corrected chi connectivity index (χ4v) is 3.10. The van der Waals surface area contributed by atoms with E-state index in [-0.39, 0.29) is 0 Å². The van der Waals surface area contributed by atoms with Gasteiger partial charge in [-0.05, 0) is 57.0 Å². The smallest absolute Gasteiger partial charge is 0.0410 e. The minimum Gasteiger partial charge on any atom is -0.313 e. The number of hydrogen-bond donors (Lipinski definition) is 1. The van der Waals surface area contributed by atoms with Crippen LogP contribution in [0.3, 0.4) is 0 Å². The summed E-state index contributed by atoms with van der Waals surface area (Å²) in [5, 5.41) is 4.38. The van der Waals surface area contributed by atoms with Gasteiger partial charge in [-0.15, -0.1) is 0 Å². The average Bonchev–Trinajstić information content (AvgIpc) is 2.85. The van der Waals surface area contributed by atoms with E-state index >= 15 is 0 Å². The fraction of sp³-hybridized carbons (Fsp3) is 0.600. The van der Waals surface area contributed by atoms with Gasteiger partial charge in [0.25, 0.3) is 0 Å². The van der Waals surface area contributed by atoms with Gasteiger partial charge in [0.05, 0.1) is 0 Å². The van der Waals surface area contributed by atoms with Gasteiger partial charge in [-0.2, -0.15) is 0 Å². The third kappa shape index (κ3) is 4.45. The summed E-state index contributed by atoms with van der Waals surface area (Å²) >= 11 is 9.72. The largest absolute Gasteiger partial charge is 0.313 e. The summed E-state index contributed by atoms with van der Waals surface area (Å²) in [7, 11) is 0. The lowest BCUT2D eigenvalue weighted by molar-refractivity contribution is 0.193. The molecule has 1 N–H and O–H groups in total. The first-order valence-electron chi connectivity index (χ1n) is 6.97. The van der Waals surface area contributed by atoms with Gasteiger partial charge in [0.1, 0.15) is 0 Å². The van der Waals surface area contributed by atoms with E-state index in [1.165, 1.54) is 18.4 Å². The third-order valence-corrected chi connectivity index (χ3v) is 4.74. The van der Waals surface area contributed by atoms with Crippen LogP contribution in [0.25, 0.3) is 0 Å². The van der Waals surface area contributed by atoms with Crippen molar-refractivity contribution >= 4 is 27.5 Å². The van der Waals surface area contributed by atoms with Gasteiger partial charge < -0.3 is 5.32 Å². The third-order valence-electron chi connectivity index (χ3n) is 3.73. The molecule has 1 aliphatic rings. The van der Waals surface area contributed by atoms with Crippen LogP contribution in [0.15, 0.2) is 22.7 Å². The first kappa shape index (κ1) is 15.3. The summed E-state index contributed by atoms with van der Waals surface area (Å²) in [6, 6.07) is 7.19. The highest BCUT2D eigenvalue weighted by molar-refractivity contribution is 9.10. The average molecular weight is 346 g/mol. The lowest BCUT2D eigenvalue weighted by Gasteiger charge is -2.29. The van der Waals surface area contributed by atoms with E-state index in [0.29, 0.717) is 12.1 Å². The molecule has 1 aromatic rings. The Morgan fingerprint density at radius 3 is 2.89 bits per heavy atom. The van der Waals surface area contributed by atoms with E-state index in [1.807, 2.05) is 12.1 Å². The highest BCUT2D eigenvalue weighted by Gasteiger charge is 2.20. The van der Waals surface area contributed by atoms with E-state index in [1.54, 1.807) is 0 Å². The molecular weight excluding hydrogens is 324 g/mol. The van der Waals surface area contributed by atoms with E-state index in [9.17, 15) is 0 Å². The summed E-state index contributed by atoms with van der Waals surface area (Å²) in [5.74, 6) is 0. The molecule has 1 saturated heterocycles. The van der Waals surface area contributed by atoms with Crippen molar-refractivity contribution in [3.63, 3.8) is 0 Å². The summed E-state index contributed by atoms with van der Waals surface area (Å²) in [4.78, 5) is 2.51. The van der Waals surface area contributed by atoms with Gasteiger partial charge in [0, 0.05) is 34.7 Å². The van der Waals surface area contributed by atoms with Crippen LogP contribution in [0.1, 0.15) is 32.3 Å². The van der Waals surface area contributed by atoms with Crippen molar-refractivity contribution in [2.75, 3.05) is 13.1 Å². The molecule has 0 amide bonds. The summed E-state index contributed by atoms with van der Waals surface area (Å²) < 4.78 is 1.14. The zero-order valence-corrected chi connectivity index (χ0v) is 14.0. The van der Waals surface area contributed by atoms with Crippen LogP contribution < -0.4 is 5.32 Å². The van der Waals surface area contributed by atoms with E-state index < -0.39 is 0 Å².